The van der Waals surface area contributed by atoms with E-state index in [1.54, 1.807) is 25.1 Å². The first-order chi connectivity index (χ1) is 9.11. The van der Waals surface area contributed by atoms with Crippen molar-refractivity contribution in [1.82, 2.24) is 4.98 Å². The lowest BCUT2D eigenvalue weighted by Crippen LogP contribution is -2.18. The van der Waals surface area contributed by atoms with E-state index >= 15 is 0 Å². The van der Waals surface area contributed by atoms with Crippen LogP contribution in [0.5, 0.6) is 0 Å². The molecule has 0 aliphatic rings. The summed E-state index contributed by atoms with van der Waals surface area (Å²) in [5.74, 6) is 4.53. The number of hydrogen-bond donors (Lipinski definition) is 3. The number of anilines is 2. The van der Waals surface area contributed by atoms with Gasteiger partial charge in [-0.25, -0.2) is 15.2 Å². The normalized spacial score (nSPS) is 10.1. The maximum atomic E-state index is 13.6. The van der Waals surface area contributed by atoms with E-state index in [9.17, 15) is 9.18 Å². The van der Waals surface area contributed by atoms with Gasteiger partial charge in [-0.1, -0.05) is 6.07 Å². The molecule has 5 nitrogen and oxygen atoms in total. The quantitative estimate of drug-likeness (QED) is 0.583. The van der Waals surface area contributed by atoms with E-state index in [4.69, 9.17) is 5.84 Å². The number of halogens is 1. The van der Waals surface area contributed by atoms with Gasteiger partial charge in [0.1, 0.15) is 5.82 Å². The molecule has 0 unspecified atom stereocenters. The fourth-order valence-electron chi connectivity index (χ4n) is 1.61. The molecule has 1 aromatic carbocycles. The molecule has 1 amide bonds. The Labute approximate surface area is 109 Å². The van der Waals surface area contributed by atoms with Gasteiger partial charge in [0.15, 0.2) is 5.82 Å². The largest absolute Gasteiger partial charge is 0.319 e. The molecule has 0 saturated heterocycles. The van der Waals surface area contributed by atoms with Gasteiger partial charge in [0.2, 0.25) is 0 Å². The molecule has 0 atom stereocenters. The van der Waals surface area contributed by atoms with Crippen LogP contribution in [0.3, 0.4) is 0 Å². The highest BCUT2D eigenvalue weighted by atomic mass is 19.1. The van der Waals surface area contributed by atoms with Crippen molar-refractivity contribution in [2.24, 2.45) is 5.84 Å². The molecule has 0 saturated carbocycles. The SMILES string of the molecule is Cc1ccc(NC(=O)c2cccnc2NN)c(F)c1. The third kappa shape index (κ3) is 2.86. The van der Waals surface area contributed by atoms with Crippen LogP contribution < -0.4 is 16.6 Å². The average molecular weight is 260 g/mol. The second-order valence-corrected chi connectivity index (χ2v) is 3.98. The van der Waals surface area contributed by atoms with E-state index in [1.165, 1.54) is 18.3 Å². The number of nitrogens with one attached hydrogen (secondary N) is 2. The van der Waals surface area contributed by atoms with Crippen LogP contribution in [-0.4, -0.2) is 10.9 Å². The Hall–Kier alpha value is -2.47. The number of amides is 1. The zero-order valence-corrected chi connectivity index (χ0v) is 10.3. The van der Waals surface area contributed by atoms with Crippen molar-refractivity contribution in [2.45, 2.75) is 6.92 Å². The summed E-state index contributed by atoms with van der Waals surface area (Å²) in [6.45, 7) is 1.77. The minimum atomic E-state index is -0.487. The number of carbonyl (C=O) groups is 1. The zero-order valence-electron chi connectivity index (χ0n) is 10.3. The summed E-state index contributed by atoms with van der Waals surface area (Å²) < 4.78 is 13.6. The molecule has 0 aliphatic carbocycles. The van der Waals surface area contributed by atoms with Gasteiger partial charge in [-0.15, -0.1) is 0 Å². The van der Waals surface area contributed by atoms with Crippen molar-refractivity contribution in [3.63, 3.8) is 0 Å². The first-order valence-corrected chi connectivity index (χ1v) is 5.61. The van der Waals surface area contributed by atoms with Gasteiger partial charge in [-0.2, -0.15) is 0 Å². The maximum Gasteiger partial charge on any atom is 0.259 e. The molecule has 2 aromatic rings. The summed E-state index contributed by atoms with van der Waals surface area (Å²) in [6, 6.07) is 7.71. The van der Waals surface area contributed by atoms with Crippen LogP contribution in [-0.2, 0) is 0 Å². The number of nitrogen functional groups attached to an aromatic ring is 1. The predicted octanol–water partition coefficient (Wildman–Crippen LogP) is 2.07. The molecular formula is C13H13FN4O. The minimum Gasteiger partial charge on any atom is -0.319 e. The van der Waals surface area contributed by atoms with Crippen LogP contribution in [0.2, 0.25) is 0 Å². The van der Waals surface area contributed by atoms with Crippen LogP contribution in [0.1, 0.15) is 15.9 Å². The third-order valence-electron chi connectivity index (χ3n) is 2.56. The molecular weight excluding hydrogens is 247 g/mol. The van der Waals surface area contributed by atoms with Gasteiger partial charge in [0.25, 0.3) is 5.91 Å². The van der Waals surface area contributed by atoms with Crippen LogP contribution in [0.15, 0.2) is 36.5 Å². The van der Waals surface area contributed by atoms with E-state index in [0.29, 0.717) is 0 Å². The number of benzene rings is 1. The Morgan fingerprint density at radius 2 is 2.16 bits per heavy atom. The molecule has 98 valence electrons. The van der Waals surface area contributed by atoms with Crippen molar-refractivity contribution in [1.29, 1.82) is 0 Å². The van der Waals surface area contributed by atoms with E-state index in [0.717, 1.165) is 5.56 Å². The number of pyridine rings is 1. The second-order valence-electron chi connectivity index (χ2n) is 3.98. The molecule has 4 N–H and O–H groups in total. The van der Waals surface area contributed by atoms with Gasteiger partial charge < -0.3 is 10.7 Å². The lowest BCUT2D eigenvalue weighted by atomic mass is 10.2. The molecule has 0 aliphatic heterocycles. The van der Waals surface area contributed by atoms with Gasteiger partial charge in [-0.05, 0) is 36.8 Å². The Bertz CT molecular complexity index is 615. The van der Waals surface area contributed by atoms with Crippen LogP contribution in [0, 0.1) is 12.7 Å². The molecule has 6 heteroatoms. The predicted molar refractivity (Wildman–Crippen MR) is 71.1 cm³/mol. The van der Waals surface area contributed by atoms with Crippen LogP contribution in [0.4, 0.5) is 15.9 Å². The van der Waals surface area contributed by atoms with Gasteiger partial charge >= 0.3 is 0 Å². The highest BCUT2D eigenvalue weighted by Gasteiger charge is 2.13. The first-order valence-electron chi connectivity index (χ1n) is 5.61. The standard InChI is InChI=1S/C13H13FN4O/c1-8-4-5-11(10(14)7-8)17-13(19)9-3-2-6-16-12(9)18-15/h2-7H,15H2,1H3,(H,16,18)(H,17,19). The lowest BCUT2D eigenvalue weighted by Gasteiger charge is -2.09. The average Bonchev–Trinajstić information content (AvgIpc) is 2.41. The molecule has 0 spiro atoms. The van der Waals surface area contributed by atoms with E-state index in [1.807, 2.05) is 0 Å². The Morgan fingerprint density at radius 3 is 2.84 bits per heavy atom. The summed E-state index contributed by atoms with van der Waals surface area (Å²) in [4.78, 5) is 15.9. The van der Waals surface area contributed by atoms with E-state index in [2.05, 4.69) is 15.7 Å². The molecule has 2 rings (SSSR count). The molecule has 0 fully saturated rings. The Kier molecular flexibility index (Phi) is 3.72. The number of hydrazine groups is 1. The second kappa shape index (κ2) is 5.45. The van der Waals surface area contributed by atoms with Gasteiger partial charge in [-0.3, -0.25) is 4.79 Å². The lowest BCUT2D eigenvalue weighted by molar-refractivity contribution is 0.102. The van der Waals surface area contributed by atoms with Crippen molar-refractivity contribution in [3.05, 3.63) is 53.5 Å². The number of aromatic nitrogens is 1. The van der Waals surface area contributed by atoms with Crippen LogP contribution >= 0.6 is 0 Å². The van der Waals surface area contributed by atoms with Crippen LogP contribution in [0.25, 0.3) is 0 Å². The number of carbonyl (C=O) groups excluding carboxylic acids is 1. The highest BCUT2D eigenvalue weighted by Crippen LogP contribution is 2.18. The summed E-state index contributed by atoms with van der Waals surface area (Å²) in [6.07, 6.45) is 1.50. The Balaban J connectivity index is 2.26. The molecule has 19 heavy (non-hydrogen) atoms. The fourth-order valence-corrected chi connectivity index (χ4v) is 1.61. The van der Waals surface area contributed by atoms with Crippen molar-refractivity contribution < 1.29 is 9.18 Å². The molecule has 0 radical (unpaired) electrons. The zero-order chi connectivity index (χ0) is 13.8. The smallest absolute Gasteiger partial charge is 0.259 e. The van der Waals surface area contributed by atoms with Crippen molar-refractivity contribution in [3.8, 4) is 0 Å². The fraction of sp³-hybridized carbons (Fsp3) is 0.0769. The van der Waals surface area contributed by atoms with Gasteiger partial charge in [0.05, 0.1) is 11.3 Å². The molecule has 0 bridgehead atoms. The van der Waals surface area contributed by atoms with Gasteiger partial charge in [0, 0.05) is 6.20 Å². The third-order valence-corrected chi connectivity index (χ3v) is 2.56. The summed E-state index contributed by atoms with van der Waals surface area (Å²) >= 11 is 0. The number of nitrogens with two attached hydrogens (primary N) is 1. The van der Waals surface area contributed by atoms with Crippen molar-refractivity contribution in [2.75, 3.05) is 10.7 Å². The summed E-state index contributed by atoms with van der Waals surface area (Å²) in [5.41, 5.74) is 3.45. The number of aryl methyl sites for hydroxylation is 1. The minimum absolute atomic E-state index is 0.113. The van der Waals surface area contributed by atoms with E-state index in [-0.39, 0.29) is 17.1 Å². The monoisotopic (exact) mass is 260 g/mol. The number of hydrogen-bond acceptors (Lipinski definition) is 4. The highest BCUT2D eigenvalue weighted by molar-refractivity contribution is 6.07. The molecule has 1 heterocycles. The maximum absolute atomic E-state index is 13.6. The number of rotatable bonds is 3. The summed E-state index contributed by atoms with van der Waals surface area (Å²) in [7, 11) is 0. The first kappa shape index (κ1) is 13.0. The van der Waals surface area contributed by atoms with Crippen molar-refractivity contribution >= 4 is 17.4 Å². The summed E-state index contributed by atoms with van der Waals surface area (Å²) in [5, 5.41) is 2.48. The topological polar surface area (TPSA) is 80.0 Å². The number of nitrogens with zero attached hydrogens (tertiary/aromatic N) is 1. The Morgan fingerprint density at radius 1 is 1.37 bits per heavy atom. The molecule has 1 aromatic heterocycles. The van der Waals surface area contributed by atoms with E-state index < -0.39 is 11.7 Å².